The molecule has 0 radical (unpaired) electrons. The Labute approximate surface area is 166 Å². The second-order valence-electron chi connectivity index (χ2n) is 6.15. The number of nitrogens with two attached hydrogens (primary N) is 1. The van der Waals surface area contributed by atoms with Gasteiger partial charge in [0.05, 0.1) is 6.07 Å². The van der Waals surface area contributed by atoms with Gasteiger partial charge in [-0.05, 0) is 18.2 Å². The van der Waals surface area contributed by atoms with Crippen molar-refractivity contribution in [1.29, 1.82) is 0 Å². The van der Waals surface area contributed by atoms with Crippen molar-refractivity contribution in [2.75, 3.05) is 13.1 Å². The van der Waals surface area contributed by atoms with E-state index in [2.05, 4.69) is 21.0 Å². The van der Waals surface area contributed by atoms with Crippen molar-refractivity contribution in [3.8, 4) is 11.4 Å². The molecular weight excluding hydrogens is 439 g/mol. The number of piperidine rings is 1. The van der Waals surface area contributed by atoms with E-state index >= 15 is 0 Å². The predicted molar refractivity (Wildman–Crippen MR) is 99.3 cm³/mol. The number of aromatic nitrogens is 2. The van der Waals surface area contributed by atoms with Crippen LogP contribution in [0.15, 0.2) is 33.5 Å². The van der Waals surface area contributed by atoms with Crippen molar-refractivity contribution in [3.63, 3.8) is 0 Å². The van der Waals surface area contributed by atoms with Gasteiger partial charge in [0.15, 0.2) is 11.4 Å². The number of primary amides is 1. The molecule has 2 amide bonds. The topological polar surface area (TPSA) is 128 Å². The van der Waals surface area contributed by atoms with Gasteiger partial charge < -0.3 is 20.5 Å². The summed E-state index contributed by atoms with van der Waals surface area (Å²) in [5.74, 6) is -1.77. The number of carbonyl (C=O) groups excluding carboxylic acids is 1. The van der Waals surface area contributed by atoms with E-state index in [0.717, 1.165) is 16.8 Å². The number of nitrogens with zero attached hydrogens (tertiary/aromatic N) is 3. The van der Waals surface area contributed by atoms with Crippen LogP contribution < -0.4 is 16.0 Å². The first-order valence-electron chi connectivity index (χ1n) is 8.30. The van der Waals surface area contributed by atoms with E-state index in [1.807, 2.05) is 0 Å². The number of halogens is 2. The molecule has 0 atom stereocenters. The predicted octanol–water partition coefficient (Wildman–Crippen LogP) is 1.75. The molecule has 148 valence electrons. The van der Waals surface area contributed by atoms with Crippen LogP contribution in [0, 0.1) is 5.82 Å². The van der Waals surface area contributed by atoms with Crippen LogP contribution in [-0.4, -0.2) is 51.0 Å². The van der Waals surface area contributed by atoms with E-state index in [4.69, 9.17) is 15.6 Å². The first-order chi connectivity index (χ1) is 13.3. The molecule has 1 aromatic heterocycles. The zero-order valence-electron chi connectivity index (χ0n) is 14.5. The first-order valence-corrected chi connectivity index (χ1v) is 9.09. The van der Waals surface area contributed by atoms with Crippen LogP contribution in [0.25, 0.3) is 5.69 Å². The number of benzene rings is 1. The lowest BCUT2D eigenvalue weighted by Crippen LogP contribution is -2.41. The fraction of sp³-hybridized carbons (Fsp3) is 0.294. The quantitative estimate of drug-likeness (QED) is 0.723. The Morgan fingerprint density at radius 3 is 2.54 bits per heavy atom. The largest absolute Gasteiger partial charge is 0.488 e. The highest BCUT2D eigenvalue weighted by atomic mass is 79.9. The van der Waals surface area contributed by atoms with Gasteiger partial charge in [-0.1, -0.05) is 15.9 Å². The maximum atomic E-state index is 14.2. The van der Waals surface area contributed by atoms with Crippen molar-refractivity contribution in [2.24, 2.45) is 5.73 Å². The van der Waals surface area contributed by atoms with Crippen LogP contribution in [0.1, 0.15) is 23.3 Å². The van der Waals surface area contributed by atoms with E-state index in [0.29, 0.717) is 17.3 Å². The maximum absolute atomic E-state index is 14.2. The normalized spacial score (nSPS) is 14.7. The highest BCUT2D eigenvalue weighted by Crippen LogP contribution is 2.22. The standard InChI is InChI=1S/C17H16BrFN4O5/c18-9-1-2-12(11(19)7-9)23-14(24)8-13(15(21-23)16(20)25)28-10-3-5-22(6-4-10)17(26)27/h1-2,7-8,10H,3-6H2,(H2,20,25)(H,26,27). The van der Waals surface area contributed by atoms with Crippen LogP contribution in [0.5, 0.6) is 5.75 Å². The summed E-state index contributed by atoms with van der Waals surface area (Å²) in [4.78, 5) is 36.5. The smallest absolute Gasteiger partial charge is 0.407 e. The Morgan fingerprint density at radius 1 is 1.29 bits per heavy atom. The van der Waals surface area contributed by atoms with Gasteiger partial charge in [0.1, 0.15) is 17.6 Å². The van der Waals surface area contributed by atoms with Gasteiger partial charge in [-0.2, -0.15) is 9.78 Å². The SMILES string of the molecule is NC(=O)c1nn(-c2ccc(Br)cc2F)c(=O)cc1OC1CCN(C(=O)O)CC1. The second kappa shape index (κ2) is 7.97. The van der Waals surface area contributed by atoms with E-state index in [1.165, 1.54) is 17.0 Å². The molecule has 1 aliphatic rings. The Morgan fingerprint density at radius 2 is 1.96 bits per heavy atom. The highest BCUT2D eigenvalue weighted by Gasteiger charge is 2.26. The highest BCUT2D eigenvalue weighted by molar-refractivity contribution is 9.10. The lowest BCUT2D eigenvalue weighted by molar-refractivity contribution is 0.0867. The van der Waals surface area contributed by atoms with Gasteiger partial charge in [-0.15, -0.1) is 0 Å². The summed E-state index contributed by atoms with van der Waals surface area (Å²) in [5, 5.41) is 12.9. The molecule has 2 aromatic rings. The summed E-state index contributed by atoms with van der Waals surface area (Å²) in [7, 11) is 0. The summed E-state index contributed by atoms with van der Waals surface area (Å²) in [6, 6.07) is 5.05. The van der Waals surface area contributed by atoms with Crippen molar-refractivity contribution in [2.45, 2.75) is 18.9 Å². The van der Waals surface area contributed by atoms with Gasteiger partial charge >= 0.3 is 6.09 Å². The molecule has 3 rings (SSSR count). The van der Waals surface area contributed by atoms with Crippen LogP contribution >= 0.6 is 15.9 Å². The number of likely N-dealkylation sites (tertiary alicyclic amines) is 1. The van der Waals surface area contributed by atoms with Gasteiger partial charge in [0.2, 0.25) is 0 Å². The molecule has 0 saturated carbocycles. The Hall–Kier alpha value is -2.95. The van der Waals surface area contributed by atoms with Crippen molar-refractivity contribution >= 4 is 27.9 Å². The van der Waals surface area contributed by atoms with Gasteiger partial charge in [0.25, 0.3) is 11.5 Å². The van der Waals surface area contributed by atoms with Crippen molar-refractivity contribution in [1.82, 2.24) is 14.7 Å². The number of ether oxygens (including phenoxy) is 1. The van der Waals surface area contributed by atoms with E-state index in [9.17, 15) is 18.8 Å². The molecule has 3 N–H and O–H groups in total. The van der Waals surface area contributed by atoms with Crippen molar-refractivity contribution < 1.29 is 23.8 Å². The minimum atomic E-state index is -1.02. The molecule has 0 bridgehead atoms. The van der Waals surface area contributed by atoms with E-state index < -0.39 is 29.5 Å². The lowest BCUT2D eigenvalue weighted by atomic mass is 10.1. The third-order valence-corrected chi connectivity index (χ3v) is 4.77. The number of carbonyl (C=O) groups is 2. The molecule has 1 fully saturated rings. The Bertz CT molecular complexity index is 988. The summed E-state index contributed by atoms with van der Waals surface area (Å²) in [5.41, 5.74) is 4.19. The van der Waals surface area contributed by atoms with Crippen LogP contribution in [0.3, 0.4) is 0 Å². The third-order valence-electron chi connectivity index (χ3n) is 4.27. The molecule has 11 heteroatoms. The number of hydrogen-bond donors (Lipinski definition) is 2. The molecular formula is C17H16BrFN4O5. The van der Waals surface area contributed by atoms with Crippen LogP contribution in [-0.2, 0) is 0 Å². The minimum absolute atomic E-state index is 0.111. The molecule has 28 heavy (non-hydrogen) atoms. The average Bonchev–Trinajstić information content (AvgIpc) is 2.63. The van der Waals surface area contributed by atoms with Gasteiger partial charge in [-0.25, -0.2) is 9.18 Å². The number of amides is 2. The van der Waals surface area contributed by atoms with E-state index in [-0.39, 0.29) is 30.2 Å². The van der Waals surface area contributed by atoms with Gasteiger partial charge in [-0.3, -0.25) is 9.59 Å². The third kappa shape index (κ3) is 4.14. The molecule has 1 aliphatic heterocycles. The average molecular weight is 455 g/mol. The lowest BCUT2D eigenvalue weighted by Gasteiger charge is -2.30. The zero-order chi connectivity index (χ0) is 20.4. The summed E-state index contributed by atoms with van der Waals surface area (Å²) < 4.78 is 21.1. The Kier molecular flexibility index (Phi) is 5.63. The monoisotopic (exact) mass is 454 g/mol. The molecule has 0 aliphatic carbocycles. The second-order valence-corrected chi connectivity index (χ2v) is 7.07. The summed E-state index contributed by atoms with van der Waals surface area (Å²) in [6.07, 6.45) is -0.656. The van der Waals surface area contributed by atoms with Crippen molar-refractivity contribution in [3.05, 3.63) is 50.6 Å². The fourth-order valence-corrected chi connectivity index (χ4v) is 3.20. The van der Waals surface area contributed by atoms with Crippen LogP contribution in [0.2, 0.25) is 0 Å². The molecule has 9 nitrogen and oxygen atoms in total. The first kappa shape index (κ1) is 19.8. The fourth-order valence-electron chi connectivity index (χ4n) is 2.87. The number of rotatable bonds is 4. The summed E-state index contributed by atoms with van der Waals surface area (Å²) >= 11 is 3.12. The zero-order valence-corrected chi connectivity index (χ0v) is 16.1. The molecule has 1 aromatic carbocycles. The molecule has 1 saturated heterocycles. The van der Waals surface area contributed by atoms with Crippen LogP contribution in [0.4, 0.5) is 9.18 Å². The number of carboxylic acid groups (broad SMARTS) is 1. The Balaban J connectivity index is 1.91. The number of hydrogen-bond acceptors (Lipinski definition) is 5. The maximum Gasteiger partial charge on any atom is 0.407 e. The molecule has 0 spiro atoms. The molecule has 0 unspecified atom stereocenters. The van der Waals surface area contributed by atoms with Gasteiger partial charge in [0, 0.05) is 30.4 Å². The van der Waals surface area contributed by atoms with E-state index in [1.54, 1.807) is 0 Å². The minimum Gasteiger partial charge on any atom is -0.488 e. The molecule has 2 heterocycles. The summed E-state index contributed by atoms with van der Waals surface area (Å²) in [6.45, 7) is 0.529.